The summed E-state index contributed by atoms with van der Waals surface area (Å²) in [5.41, 5.74) is 1.08. The first kappa shape index (κ1) is 17.4. The number of aromatic nitrogens is 3. The highest BCUT2D eigenvalue weighted by Gasteiger charge is 2.17. The van der Waals surface area contributed by atoms with E-state index in [1.807, 2.05) is 20.0 Å². The number of morpholine rings is 1. The van der Waals surface area contributed by atoms with E-state index < -0.39 is 0 Å². The van der Waals surface area contributed by atoms with Gasteiger partial charge in [-0.1, -0.05) is 6.07 Å². The van der Waals surface area contributed by atoms with E-state index in [1.165, 1.54) is 0 Å². The van der Waals surface area contributed by atoms with E-state index in [-0.39, 0.29) is 12.2 Å². The fraction of sp³-hybridized carbons (Fsp3) is 0.500. The fourth-order valence-corrected chi connectivity index (χ4v) is 2.68. The molecule has 3 heterocycles. The minimum atomic E-state index is 0.0501. The minimum Gasteiger partial charge on any atom is -0.472 e. The van der Waals surface area contributed by atoms with Gasteiger partial charge >= 0.3 is 0 Å². The number of nitrogens with one attached hydrogen (secondary N) is 1. The molecule has 1 saturated heterocycles. The first-order valence-electron chi connectivity index (χ1n) is 8.65. The van der Waals surface area contributed by atoms with Crippen molar-refractivity contribution in [2.75, 3.05) is 29.9 Å². The molecule has 134 valence electrons. The van der Waals surface area contributed by atoms with Crippen molar-refractivity contribution in [2.45, 2.75) is 39.5 Å². The Bertz CT molecular complexity index is 677. The van der Waals surface area contributed by atoms with Crippen molar-refractivity contribution in [1.29, 1.82) is 0 Å². The highest BCUT2D eigenvalue weighted by atomic mass is 16.5. The van der Waals surface area contributed by atoms with Crippen molar-refractivity contribution >= 4 is 11.6 Å². The van der Waals surface area contributed by atoms with E-state index in [2.05, 4.69) is 44.2 Å². The molecule has 1 atom stereocenters. The zero-order chi connectivity index (χ0) is 17.6. The van der Waals surface area contributed by atoms with Gasteiger partial charge in [0, 0.05) is 38.2 Å². The Morgan fingerprint density at radius 1 is 1.28 bits per heavy atom. The molecule has 0 radical (unpaired) electrons. The van der Waals surface area contributed by atoms with Crippen LogP contribution in [0.5, 0.6) is 5.88 Å². The Balaban J connectivity index is 1.61. The number of nitrogens with zero attached hydrogens (tertiary/aromatic N) is 4. The zero-order valence-electron chi connectivity index (χ0n) is 15.0. The van der Waals surface area contributed by atoms with Crippen molar-refractivity contribution in [2.24, 2.45) is 0 Å². The summed E-state index contributed by atoms with van der Waals surface area (Å²) in [6.07, 6.45) is 5.46. The van der Waals surface area contributed by atoms with Crippen LogP contribution in [0.1, 0.15) is 26.3 Å². The van der Waals surface area contributed by atoms with Gasteiger partial charge in [-0.2, -0.15) is 0 Å². The number of rotatable bonds is 6. The standard InChI is InChI=1S/C18H25N5O2/c1-13(2)25-18-17(19-6-7-20-18)22-11-15-4-5-16(21-10-15)23-8-9-24-14(3)12-23/h4-7,10,13-14H,8-9,11-12H2,1-3H3,(H,19,22). The summed E-state index contributed by atoms with van der Waals surface area (Å²) in [4.78, 5) is 15.4. The third-order valence-corrected chi connectivity index (χ3v) is 3.85. The normalized spacial score (nSPS) is 17.6. The van der Waals surface area contributed by atoms with Crippen LogP contribution in [0.3, 0.4) is 0 Å². The molecule has 0 aliphatic carbocycles. The maximum Gasteiger partial charge on any atom is 0.257 e. The highest BCUT2D eigenvalue weighted by molar-refractivity contribution is 5.46. The summed E-state index contributed by atoms with van der Waals surface area (Å²) in [5, 5.41) is 3.27. The number of ether oxygens (including phenoxy) is 2. The Labute approximate surface area is 148 Å². The maximum atomic E-state index is 5.67. The SMILES string of the molecule is CC(C)Oc1nccnc1NCc1ccc(N2CCOC(C)C2)nc1. The monoisotopic (exact) mass is 343 g/mol. The molecule has 7 heteroatoms. The molecule has 0 aromatic carbocycles. The van der Waals surface area contributed by atoms with E-state index >= 15 is 0 Å². The molecule has 25 heavy (non-hydrogen) atoms. The van der Waals surface area contributed by atoms with Crippen LogP contribution >= 0.6 is 0 Å². The van der Waals surface area contributed by atoms with Gasteiger partial charge in [-0.25, -0.2) is 15.0 Å². The zero-order valence-corrected chi connectivity index (χ0v) is 15.0. The molecule has 2 aromatic rings. The summed E-state index contributed by atoms with van der Waals surface area (Å²) in [6.45, 7) is 9.13. The molecule has 1 aliphatic rings. The molecule has 0 saturated carbocycles. The van der Waals surface area contributed by atoms with Crippen LogP contribution < -0.4 is 15.0 Å². The molecule has 7 nitrogen and oxygen atoms in total. The highest BCUT2D eigenvalue weighted by Crippen LogP contribution is 2.20. The molecule has 1 aliphatic heterocycles. The predicted octanol–water partition coefficient (Wildman–Crippen LogP) is 2.50. The second kappa shape index (κ2) is 8.11. The van der Waals surface area contributed by atoms with Gasteiger partial charge in [-0.05, 0) is 32.4 Å². The average molecular weight is 343 g/mol. The average Bonchev–Trinajstić information content (AvgIpc) is 2.61. The summed E-state index contributed by atoms with van der Waals surface area (Å²) in [5.74, 6) is 2.15. The van der Waals surface area contributed by atoms with Gasteiger partial charge < -0.3 is 19.7 Å². The molecular formula is C18H25N5O2. The largest absolute Gasteiger partial charge is 0.472 e. The number of anilines is 2. The molecule has 3 rings (SSSR count). The Morgan fingerprint density at radius 2 is 2.12 bits per heavy atom. The number of pyridine rings is 1. The van der Waals surface area contributed by atoms with Crippen molar-refractivity contribution < 1.29 is 9.47 Å². The van der Waals surface area contributed by atoms with Gasteiger partial charge in [0.05, 0.1) is 18.8 Å². The predicted molar refractivity (Wildman–Crippen MR) is 97.0 cm³/mol. The maximum absolute atomic E-state index is 5.67. The second-order valence-corrected chi connectivity index (χ2v) is 6.38. The van der Waals surface area contributed by atoms with Gasteiger partial charge in [0.2, 0.25) is 0 Å². The van der Waals surface area contributed by atoms with Crippen LogP contribution in [0.15, 0.2) is 30.7 Å². The van der Waals surface area contributed by atoms with Gasteiger partial charge in [-0.3, -0.25) is 0 Å². The van der Waals surface area contributed by atoms with Gasteiger partial charge in [0.1, 0.15) is 5.82 Å². The lowest BCUT2D eigenvalue weighted by Crippen LogP contribution is -2.41. The first-order chi connectivity index (χ1) is 12.1. The van der Waals surface area contributed by atoms with E-state index in [9.17, 15) is 0 Å². The lowest BCUT2D eigenvalue weighted by molar-refractivity contribution is 0.0529. The number of hydrogen-bond acceptors (Lipinski definition) is 7. The van der Waals surface area contributed by atoms with Crippen molar-refractivity contribution in [3.63, 3.8) is 0 Å². The second-order valence-electron chi connectivity index (χ2n) is 6.38. The van der Waals surface area contributed by atoms with Crippen LogP contribution in [-0.2, 0) is 11.3 Å². The summed E-state index contributed by atoms with van der Waals surface area (Å²) in [6, 6.07) is 4.13. The Kier molecular flexibility index (Phi) is 5.65. The Hall–Kier alpha value is -2.41. The molecular weight excluding hydrogens is 318 g/mol. The quantitative estimate of drug-likeness (QED) is 0.864. The van der Waals surface area contributed by atoms with E-state index in [0.29, 0.717) is 18.2 Å². The van der Waals surface area contributed by atoms with Gasteiger partial charge in [-0.15, -0.1) is 0 Å². The van der Waals surface area contributed by atoms with E-state index in [1.54, 1.807) is 12.4 Å². The Morgan fingerprint density at radius 3 is 2.84 bits per heavy atom. The summed E-state index contributed by atoms with van der Waals surface area (Å²) < 4.78 is 11.2. The molecule has 1 fully saturated rings. The van der Waals surface area contributed by atoms with Crippen LogP contribution in [0, 0.1) is 0 Å². The first-order valence-corrected chi connectivity index (χ1v) is 8.65. The topological polar surface area (TPSA) is 72.4 Å². The lowest BCUT2D eigenvalue weighted by atomic mass is 10.2. The summed E-state index contributed by atoms with van der Waals surface area (Å²) in [7, 11) is 0. The lowest BCUT2D eigenvalue weighted by Gasteiger charge is -2.32. The van der Waals surface area contributed by atoms with E-state index in [4.69, 9.17) is 9.47 Å². The van der Waals surface area contributed by atoms with Crippen LogP contribution in [0.2, 0.25) is 0 Å². The third-order valence-electron chi connectivity index (χ3n) is 3.85. The van der Waals surface area contributed by atoms with Crippen LogP contribution in [0.4, 0.5) is 11.6 Å². The van der Waals surface area contributed by atoms with Gasteiger partial charge in [0.25, 0.3) is 5.88 Å². The molecule has 2 aromatic heterocycles. The van der Waals surface area contributed by atoms with Crippen molar-refractivity contribution in [1.82, 2.24) is 15.0 Å². The fourth-order valence-electron chi connectivity index (χ4n) is 2.68. The molecule has 0 bridgehead atoms. The molecule has 1 unspecified atom stereocenters. The van der Waals surface area contributed by atoms with Crippen molar-refractivity contribution in [3.05, 3.63) is 36.3 Å². The molecule has 1 N–H and O–H groups in total. The van der Waals surface area contributed by atoms with E-state index in [0.717, 1.165) is 31.1 Å². The molecule has 0 amide bonds. The smallest absolute Gasteiger partial charge is 0.257 e. The summed E-state index contributed by atoms with van der Waals surface area (Å²) >= 11 is 0. The third kappa shape index (κ3) is 4.79. The minimum absolute atomic E-state index is 0.0501. The molecule has 0 spiro atoms. The van der Waals surface area contributed by atoms with Crippen LogP contribution in [-0.4, -0.2) is 46.9 Å². The van der Waals surface area contributed by atoms with Gasteiger partial charge in [0.15, 0.2) is 5.82 Å². The van der Waals surface area contributed by atoms with Crippen LogP contribution in [0.25, 0.3) is 0 Å². The number of hydrogen-bond donors (Lipinski definition) is 1. The van der Waals surface area contributed by atoms with Crippen molar-refractivity contribution in [3.8, 4) is 5.88 Å².